The highest BCUT2D eigenvalue weighted by Gasteiger charge is 2.46. The van der Waals surface area contributed by atoms with Crippen LogP contribution >= 0.6 is 0 Å². The number of aliphatic carboxylic acids is 1. The van der Waals surface area contributed by atoms with Gasteiger partial charge >= 0.3 is 5.97 Å². The summed E-state index contributed by atoms with van der Waals surface area (Å²) in [6.45, 7) is 0.651. The van der Waals surface area contributed by atoms with Crippen molar-refractivity contribution in [2.45, 2.75) is 37.5 Å². The summed E-state index contributed by atoms with van der Waals surface area (Å²) in [6.07, 6.45) is 4.64. The standard InChI is InChI=1S/C21H21FO3/c22-17-7-4-15(5-8-17)18-9-6-16(21(20(23)24)10-1-11-21)12-19(18)25-13-14-2-3-14/h4-9,12,14H,1-3,10-11,13H2,(H,23,24). The minimum Gasteiger partial charge on any atom is -0.493 e. The maximum absolute atomic E-state index is 13.2. The summed E-state index contributed by atoms with van der Waals surface area (Å²) in [5, 5.41) is 9.69. The van der Waals surface area contributed by atoms with Gasteiger partial charge in [0, 0.05) is 5.56 Å². The molecular weight excluding hydrogens is 319 g/mol. The maximum atomic E-state index is 13.2. The van der Waals surface area contributed by atoms with Gasteiger partial charge in [0.15, 0.2) is 0 Å². The number of carboxylic acid groups (broad SMARTS) is 1. The zero-order chi connectivity index (χ0) is 17.4. The topological polar surface area (TPSA) is 46.5 Å². The lowest BCUT2D eigenvalue weighted by Crippen LogP contribution is -2.42. The van der Waals surface area contributed by atoms with E-state index in [0.29, 0.717) is 31.1 Å². The molecule has 0 spiro atoms. The number of rotatable bonds is 6. The highest BCUT2D eigenvalue weighted by atomic mass is 19.1. The van der Waals surface area contributed by atoms with Gasteiger partial charge in [-0.15, -0.1) is 0 Å². The van der Waals surface area contributed by atoms with E-state index in [1.807, 2.05) is 18.2 Å². The molecule has 0 aliphatic heterocycles. The second kappa shape index (κ2) is 6.17. The maximum Gasteiger partial charge on any atom is 0.314 e. The van der Waals surface area contributed by atoms with Crippen molar-refractivity contribution in [3.8, 4) is 16.9 Å². The van der Waals surface area contributed by atoms with Crippen LogP contribution in [0, 0.1) is 11.7 Å². The van der Waals surface area contributed by atoms with Crippen LogP contribution in [-0.4, -0.2) is 17.7 Å². The average Bonchev–Trinajstić information content (AvgIpc) is 3.37. The molecule has 25 heavy (non-hydrogen) atoms. The van der Waals surface area contributed by atoms with E-state index in [0.717, 1.165) is 23.1 Å². The first-order valence-electron chi connectivity index (χ1n) is 8.85. The minimum atomic E-state index is -0.779. The van der Waals surface area contributed by atoms with Crippen LogP contribution in [0.25, 0.3) is 11.1 Å². The lowest BCUT2D eigenvalue weighted by molar-refractivity contribution is -0.147. The third-order valence-corrected chi connectivity index (χ3v) is 5.48. The van der Waals surface area contributed by atoms with Crippen LogP contribution in [0.1, 0.15) is 37.7 Å². The molecule has 4 heteroatoms. The molecule has 0 radical (unpaired) electrons. The summed E-state index contributed by atoms with van der Waals surface area (Å²) in [6, 6.07) is 12.0. The summed E-state index contributed by atoms with van der Waals surface area (Å²) in [5.41, 5.74) is 1.78. The smallest absolute Gasteiger partial charge is 0.314 e. The van der Waals surface area contributed by atoms with Crippen molar-refractivity contribution < 1.29 is 19.0 Å². The Bertz CT molecular complexity index is 789. The van der Waals surface area contributed by atoms with Crippen LogP contribution in [-0.2, 0) is 10.2 Å². The predicted octanol–water partition coefficient (Wildman–Crippen LogP) is 4.79. The van der Waals surface area contributed by atoms with Crippen molar-refractivity contribution in [1.29, 1.82) is 0 Å². The Kier molecular flexibility index (Phi) is 3.98. The number of carboxylic acids is 1. The van der Waals surface area contributed by atoms with E-state index < -0.39 is 11.4 Å². The third-order valence-electron chi connectivity index (χ3n) is 5.48. The lowest BCUT2D eigenvalue weighted by atomic mass is 9.64. The SMILES string of the molecule is O=C(O)C1(c2ccc(-c3ccc(F)cc3)c(OCC3CC3)c2)CCC1. The van der Waals surface area contributed by atoms with E-state index in [4.69, 9.17) is 4.74 Å². The molecule has 2 saturated carbocycles. The Hall–Kier alpha value is -2.36. The number of hydrogen-bond acceptors (Lipinski definition) is 2. The van der Waals surface area contributed by atoms with Gasteiger partial charge in [-0.25, -0.2) is 4.39 Å². The lowest BCUT2D eigenvalue weighted by Gasteiger charge is -2.38. The summed E-state index contributed by atoms with van der Waals surface area (Å²) in [5.74, 6) is 0.256. The van der Waals surface area contributed by atoms with Crippen LogP contribution in [0.2, 0.25) is 0 Å². The van der Waals surface area contributed by atoms with E-state index in [9.17, 15) is 14.3 Å². The number of halogens is 1. The first-order valence-corrected chi connectivity index (χ1v) is 8.85. The molecule has 3 nitrogen and oxygen atoms in total. The number of hydrogen-bond donors (Lipinski definition) is 1. The summed E-state index contributed by atoms with van der Waals surface area (Å²) in [7, 11) is 0. The molecular formula is C21H21FO3. The highest BCUT2D eigenvalue weighted by Crippen LogP contribution is 2.46. The summed E-state index contributed by atoms with van der Waals surface area (Å²) < 4.78 is 19.3. The number of benzene rings is 2. The third kappa shape index (κ3) is 3.01. The molecule has 0 amide bonds. The van der Waals surface area contributed by atoms with Gasteiger partial charge in [0.25, 0.3) is 0 Å². The first kappa shape index (κ1) is 16.1. The Morgan fingerprint density at radius 1 is 1.16 bits per heavy atom. The van der Waals surface area contributed by atoms with Crippen LogP contribution in [0.5, 0.6) is 5.75 Å². The highest BCUT2D eigenvalue weighted by molar-refractivity contribution is 5.83. The molecule has 0 aromatic heterocycles. The second-order valence-corrected chi connectivity index (χ2v) is 7.21. The fourth-order valence-corrected chi connectivity index (χ4v) is 3.46. The van der Waals surface area contributed by atoms with Crippen LogP contribution in [0.15, 0.2) is 42.5 Å². The quantitative estimate of drug-likeness (QED) is 0.822. The molecule has 0 saturated heterocycles. The molecule has 2 fully saturated rings. The second-order valence-electron chi connectivity index (χ2n) is 7.21. The predicted molar refractivity (Wildman–Crippen MR) is 93.2 cm³/mol. The van der Waals surface area contributed by atoms with E-state index in [1.165, 1.54) is 25.0 Å². The molecule has 0 atom stereocenters. The van der Waals surface area contributed by atoms with Crippen molar-refractivity contribution in [2.24, 2.45) is 5.92 Å². The minimum absolute atomic E-state index is 0.278. The van der Waals surface area contributed by atoms with E-state index in [1.54, 1.807) is 12.1 Å². The largest absolute Gasteiger partial charge is 0.493 e. The van der Waals surface area contributed by atoms with Crippen LogP contribution in [0.3, 0.4) is 0 Å². The van der Waals surface area contributed by atoms with Crippen molar-refractivity contribution in [1.82, 2.24) is 0 Å². The average molecular weight is 340 g/mol. The number of carbonyl (C=O) groups is 1. The molecule has 0 bridgehead atoms. The molecule has 1 N–H and O–H groups in total. The van der Waals surface area contributed by atoms with Crippen molar-refractivity contribution in [3.05, 3.63) is 53.8 Å². The Labute approximate surface area is 146 Å². The Morgan fingerprint density at radius 2 is 1.88 bits per heavy atom. The van der Waals surface area contributed by atoms with Crippen molar-refractivity contribution >= 4 is 5.97 Å². The van der Waals surface area contributed by atoms with Gasteiger partial charge in [-0.05, 0) is 60.9 Å². The Morgan fingerprint density at radius 3 is 2.44 bits per heavy atom. The van der Waals surface area contributed by atoms with Gasteiger partial charge < -0.3 is 9.84 Å². The molecule has 0 heterocycles. The van der Waals surface area contributed by atoms with Gasteiger partial charge in [0.1, 0.15) is 11.6 Å². The van der Waals surface area contributed by atoms with E-state index >= 15 is 0 Å². The van der Waals surface area contributed by atoms with E-state index in [2.05, 4.69) is 0 Å². The fraction of sp³-hybridized carbons (Fsp3) is 0.381. The summed E-state index contributed by atoms with van der Waals surface area (Å²) in [4.78, 5) is 11.8. The van der Waals surface area contributed by atoms with E-state index in [-0.39, 0.29) is 5.82 Å². The van der Waals surface area contributed by atoms with Gasteiger partial charge in [0.2, 0.25) is 0 Å². The zero-order valence-corrected chi connectivity index (χ0v) is 14.0. The van der Waals surface area contributed by atoms with Gasteiger partial charge in [-0.1, -0.05) is 30.7 Å². The van der Waals surface area contributed by atoms with Crippen molar-refractivity contribution in [3.63, 3.8) is 0 Å². The number of ether oxygens (including phenoxy) is 1. The Balaban J connectivity index is 1.72. The normalized spacial score (nSPS) is 18.4. The fourth-order valence-electron chi connectivity index (χ4n) is 3.46. The van der Waals surface area contributed by atoms with Crippen LogP contribution in [0.4, 0.5) is 4.39 Å². The summed E-state index contributed by atoms with van der Waals surface area (Å²) >= 11 is 0. The van der Waals surface area contributed by atoms with Gasteiger partial charge in [0.05, 0.1) is 12.0 Å². The monoisotopic (exact) mass is 340 g/mol. The zero-order valence-electron chi connectivity index (χ0n) is 14.0. The molecule has 130 valence electrons. The van der Waals surface area contributed by atoms with Crippen molar-refractivity contribution in [2.75, 3.05) is 6.61 Å². The molecule has 2 aliphatic carbocycles. The molecule has 2 aromatic rings. The molecule has 2 aliphatic rings. The molecule has 0 unspecified atom stereocenters. The van der Waals surface area contributed by atoms with Crippen LogP contribution < -0.4 is 4.74 Å². The molecule has 2 aromatic carbocycles. The first-order chi connectivity index (χ1) is 12.1. The van der Waals surface area contributed by atoms with Gasteiger partial charge in [-0.2, -0.15) is 0 Å². The molecule has 4 rings (SSSR count). The van der Waals surface area contributed by atoms with Gasteiger partial charge in [-0.3, -0.25) is 4.79 Å².